The van der Waals surface area contributed by atoms with E-state index >= 15 is 0 Å². The quantitative estimate of drug-likeness (QED) is 0.0581. The van der Waals surface area contributed by atoms with Gasteiger partial charge in [-0.15, -0.1) is 39.5 Å². The molecule has 1 heterocycles. The normalized spacial score (nSPS) is 10.6. The number of hydrogen-bond acceptors (Lipinski definition) is 6. The average Bonchev–Trinajstić information content (AvgIpc) is 3.22. The molecule has 0 aliphatic heterocycles. The Kier molecular flexibility index (Phi) is 28.6. The summed E-state index contributed by atoms with van der Waals surface area (Å²) >= 11 is 0. The fourth-order valence-corrected chi connectivity index (χ4v) is 6.43. The van der Waals surface area contributed by atoms with Gasteiger partial charge in [-0.05, 0) is 38.5 Å². The van der Waals surface area contributed by atoms with Crippen LogP contribution in [-0.2, 0) is 19.6 Å². The highest BCUT2D eigenvalue weighted by Gasteiger charge is 2.16. The van der Waals surface area contributed by atoms with Crippen LogP contribution in [-0.4, -0.2) is 105 Å². The van der Waals surface area contributed by atoms with Gasteiger partial charge in [-0.25, -0.2) is 42.5 Å². The van der Waals surface area contributed by atoms with Crippen molar-refractivity contribution in [2.45, 2.75) is 110 Å². The van der Waals surface area contributed by atoms with Crippen molar-refractivity contribution in [3.8, 4) is 0 Å². The maximum Gasteiger partial charge on any atom is 0.336 e. The van der Waals surface area contributed by atoms with Gasteiger partial charge in [-0.3, -0.25) is 0 Å². The van der Waals surface area contributed by atoms with Crippen LogP contribution in [0.4, 0.5) is 14.4 Å². The minimum atomic E-state index is -0.589. The van der Waals surface area contributed by atoms with Crippen LogP contribution < -0.4 is 33.0 Å². The molecule has 0 aliphatic carbocycles. The Bertz CT molecular complexity index is 1530. The van der Waals surface area contributed by atoms with Crippen LogP contribution in [0.25, 0.3) is 0 Å². The molecule has 0 aromatic carbocycles. The molecule has 15 nitrogen and oxygen atoms in total. The van der Waals surface area contributed by atoms with Crippen LogP contribution >= 0.6 is 0 Å². The highest BCUT2D eigenvalue weighted by atomic mass is 16.2. The molecular formula is C44H73N9O6. The Labute approximate surface area is 351 Å². The van der Waals surface area contributed by atoms with Crippen LogP contribution in [0, 0.1) is 0 Å². The van der Waals surface area contributed by atoms with Crippen LogP contribution in [0.15, 0.2) is 90.3 Å². The summed E-state index contributed by atoms with van der Waals surface area (Å²) < 4.78 is 3.59. The Morgan fingerprint density at radius 1 is 0.373 bits per heavy atom. The number of carbonyl (C=O) groups is 3. The molecule has 0 fully saturated rings. The van der Waals surface area contributed by atoms with Gasteiger partial charge in [0, 0.05) is 78.5 Å². The van der Waals surface area contributed by atoms with Crippen LogP contribution in [0.2, 0.25) is 0 Å². The molecule has 330 valence electrons. The van der Waals surface area contributed by atoms with Gasteiger partial charge in [0.05, 0.1) is 0 Å². The van der Waals surface area contributed by atoms with Crippen molar-refractivity contribution in [3.63, 3.8) is 0 Å². The Morgan fingerprint density at radius 2 is 0.576 bits per heavy atom. The van der Waals surface area contributed by atoms with Gasteiger partial charge in [0.2, 0.25) is 0 Å². The summed E-state index contributed by atoms with van der Waals surface area (Å²) in [6.45, 7) is 26.9. The van der Waals surface area contributed by atoms with E-state index in [9.17, 15) is 28.8 Å². The average molecular weight is 824 g/mol. The maximum absolute atomic E-state index is 13.6. The number of carbonyl (C=O) groups excluding carboxylic acids is 3. The Balaban J connectivity index is 2.79. The predicted molar refractivity (Wildman–Crippen MR) is 240 cm³/mol. The van der Waals surface area contributed by atoms with Crippen molar-refractivity contribution in [1.82, 2.24) is 44.4 Å². The molecule has 15 heteroatoms. The van der Waals surface area contributed by atoms with Gasteiger partial charge in [-0.1, -0.05) is 87.8 Å². The van der Waals surface area contributed by atoms with Crippen molar-refractivity contribution >= 4 is 18.1 Å². The molecular weight excluding hydrogens is 751 g/mol. The summed E-state index contributed by atoms with van der Waals surface area (Å²) in [6, 6.07) is -0.508. The zero-order valence-corrected chi connectivity index (χ0v) is 35.7. The van der Waals surface area contributed by atoms with Crippen molar-refractivity contribution < 1.29 is 14.4 Å². The van der Waals surface area contributed by atoms with E-state index in [4.69, 9.17) is 0 Å². The van der Waals surface area contributed by atoms with Crippen molar-refractivity contribution in [2.24, 2.45) is 0 Å². The van der Waals surface area contributed by atoms with Gasteiger partial charge in [-0.2, -0.15) is 0 Å². The van der Waals surface area contributed by atoms with Crippen LogP contribution in [0.3, 0.4) is 0 Å². The molecule has 0 unspecified atom stereocenters. The highest BCUT2D eigenvalue weighted by Crippen LogP contribution is 2.07. The molecule has 6 amide bonds. The summed E-state index contributed by atoms with van der Waals surface area (Å²) in [5.41, 5.74) is -1.75. The minimum absolute atomic E-state index is 0.143. The third-order valence-corrected chi connectivity index (χ3v) is 9.60. The number of nitrogens with one attached hydrogen (secondary N) is 3. The number of aromatic nitrogens is 3. The Morgan fingerprint density at radius 3 is 0.797 bits per heavy atom. The minimum Gasteiger partial charge on any atom is -0.338 e. The van der Waals surface area contributed by atoms with Crippen LogP contribution in [0.5, 0.6) is 0 Å². The van der Waals surface area contributed by atoms with Gasteiger partial charge in [0.1, 0.15) is 0 Å². The lowest BCUT2D eigenvalue weighted by Gasteiger charge is -2.19. The van der Waals surface area contributed by atoms with E-state index < -0.39 is 17.1 Å². The lowest BCUT2D eigenvalue weighted by Crippen LogP contribution is -2.54. The molecule has 0 saturated heterocycles. The smallest absolute Gasteiger partial charge is 0.336 e. The van der Waals surface area contributed by atoms with E-state index in [1.165, 1.54) is 13.7 Å². The van der Waals surface area contributed by atoms with E-state index in [-0.39, 0.29) is 37.7 Å². The first-order valence-electron chi connectivity index (χ1n) is 21.3. The first-order chi connectivity index (χ1) is 28.6. The maximum atomic E-state index is 13.6. The van der Waals surface area contributed by atoms with Crippen molar-refractivity contribution in [3.05, 3.63) is 107 Å². The molecule has 0 aliphatic rings. The second-order valence-corrected chi connectivity index (χ2v) is 14.4. The lowest BCUT2D eigenvalue weighted by molar-refractivity contribution is 0.207. The molecule has 1 aromatic rings. The van der Waals surface area contributed by atoms with E-state index in [0.29, 0.717) is 78.2 Å². The first kappa shape index (κ1) is 51.7. The molecule has 3 N–H and O–H groups in total. The highest BCUT2D eigenvalue weighted by molar-refractivity contribution is 5.75. The summed E-state index contributed by atoms with van der Waals surface area (Å²) in [5, 5.41) is 8.75. The fraction of sp³-hybridized carbons (Fsp3) is 0.591. The molecule has 0 saturated carbocycles. The summed E-state index contributed by atoms with van der Waals surface area (Å²) in [7, 11) is 0. The van der Waals surface area contributed by atoms with Gasteiger partial charge in [0.25, 0.3) is 0 Å². The second kappa shape index (κ2) is 32.6. The molecule has 1 aromatic heterocycles. The van der Waals surface area contributed by atoms with Gasteiger partial charge >= 0.3 is 35.2 Å². The first-order valence-corrected chi connectivity index (χ1v) is 21.3. The molecule has 0 atom stereocenters. The Hall–Kier alpha value is -5.34. The largest absolute Gasteiger partial charge is 0.338 e. The molecule has 59 heavy (non-hydrogen) atoms. The van der Waals surface area contributed by atoms with E-state index in [0.717, 1.165) is 70.6 Å². The van der Waals surface area contributed by atoms with Gasteiger partial charge < -0.3 is 30.7 Å². The molecule has 1 rings (SSSR count). The number of rotatable bonds is 35. The number of amides is 6. The topological polar surface area (TPSA) is 163 Å². The fourth-order valence-electron chi connectivity index (χ4n) is 6.43. The third-order valence-electron chi connectivity index (χ3n) is 9.60. The monoisotopic (exact) mass is 824 g/mol. The summed E-state index contributed by atoms with van der Waals surface area (Å²) in [4.78, 5) is 82.7. The lowest BCUT2D eigenvalue weighted by atomic mass is 10.1. The van der Waals surface area contributed by atoms with Crippen LogP contribution in [0.1, 0.15) is 89.9 Å². The van der Waals surface area contributed by atoms with E-state index in [2.05, 4.69) is 55.4 Å². The van der Waals surface area contributed by atoms with E-state index in [1.807, 2.05) is 0 Å². The summed E-state index contributed by atoms with van der Waals surface area (Å²) in [6.07, 6.45) is 20.8. The zero-order valence-electron chi connectivity index (χ0n) is 35.7. The SMILES string of the molecule is C=CCN(CC=C)C(=O)NCCCCCCCCn1c(=O)n(CCCCCCNC(=O)N(CC=C)CC=C)c(=O)n(CCCCCCNC(=O)N(CC=C)CC=C)c1=O. The molecule has 0 spiro atoms. The zero-order chi connectivity index (χ0) is 43.7. The predicted octanol–water partition coefficient (Wildman–Crippen LogP) is 5.78. The van der Waals surface area contributed by atoms with Crippen molar-refractivity contribution in [1.29, 1.82) is 0 Å². The molecule has 0 radical (unpaired) electrons. The second-order valence-electron chi connectivity index (χ2n) is 14.4. The van der Waals surface area contributed by atoms with Gasteiger partial charge in [0.15, 0.2) is 0 Å². The third kappa shape index (κ3) is 20.8. The van der Waals surface area contributed by atoms with Crippen molar-refractivity contribution in [2.75, 3.05) is 58.9 Å². The number of unbranched alkanes of at least 4 members (excludes halogenated alkanes) is 11. The number of urea groups is 3. The van der Waals surface area contributed by atoms with E-state index in [1.54, 1.807) is 51.2 Å². The molecule has 0 bridgehead atoms. The summed E-state index contributed by atoms with van der Waals surface area (Å²) in [5.74, 6) is 0. The standard InChI is InChI=1S/C44H73N9O6/c1-7-30-48(31-8-2)39(54)45-27-21-15-13-14-18-24-36-51-42(57)52(37-25-19-16-22-28-46-40(55)49(32-9-3)33-10-4)44(59)53(43(51)58)38-26-20-17-23-29-47-41(56)50(34-11-5)35-12-6/h7-12H,1-6,13-38H2,(H,45,54)(H,46,55)(H,47,56). The number of hydrogen-bond donors (Lipinski definition) is 3. The number of nitrogens with zero attached hydrogens (tertiary/aromatic N) is 6.